The standard InChI is InChI=1S/C19H25N3O2/c1-19(2,3)24-18(23)22-9-8-16-17(22)14(11-21-16)13-10-20-15-7-5-4-6-12(13)15/h4-7,10,14,16-17,20-21H,8-9,11H2,1-3H3/t14-,16?,17?/m1/s1. The first-order valence-corrected chi connectivity index (χ1v) is 8.73. The van der Waals surface area contributed by atoms with Crippen LogP contribution >= 0.6 is 0 Å². The zero-order valence-electron chi connectivity index (χ0n) is 14.5. The number of likely N-dealkylation sites (tertiary alicyclic amines) is 1. The smallest absolute Gasteiger partial charge is 0.410 e. The number of nitrogens with zero attached hydrogens (tertiary/aromatic N) is 1. The number of amides is 1. The molecule has 1 aromatic carbocycles. The van der Waals surface area contributed by atoms with Crippen LogP contribution in [0.4, 0.5) is 4.79 Å². The van der Waals surface area contributed by atoms with Crippen LogP contribution in [0.3, 0.4) is 0 Å². The van der Waals surface area contributed by atoms with Crippen LogP contribution in [0.2, 0.25) is 0 Å². The second kappa shape index (κ2) is 5.52. The van der Waals surface area contributed by atoms with Crippen molar-refractivity contribution in [1.29, 1.82) is 0 Å². The third-order valence-corrected chi connectivity index (χ3v) is 5.11. The highest BCUT2D eigenvalue weighted by atomic mass is 16.6. The molecule has 128 valence electrons. The van der Waals surface area contributed by atoms with Crippen LogP contribution in [-0.4, -0.2) is 46.8 Å². The molecule has 24 heavy (non-hydrogen) atoms. The van der Waals surface area contributed by atoms with Crippen LogP contribution in [0.1, 0.15) is 38.7 Å². The van der Waals surface area contributed by atoms with E-state index in [1.165, 1.54) is 10.9 Å². The highest BCUT2D eigenvalue weighted by molar-refractivity contribution is 5.84. The summed E-state index contributed by atoms with van der Waals surface area (Å²) >= 11 is 0. The second-order valence-electron chi connectivity index (χ2n) is 7.86. The predicted octanol–water partition coefficient (Wildman–Crippen LogP) is 3.23. The molecule has 0 aliphatic carbocycles. The van der Waals surface area contributed by atoms with Crippen LogP contribution in [0, 0.1) is 0 Å². The Bertz CT molecular complexity index is 761. The van der Waals surface area contributed by atoms with E-state index < -0.39 is 5.60 Å². The number of nitrogens with one attached hydrogen (secondary N) is 2. The Morgan fingerprint density at radius 1 is 1.29 bits per heavy atom. The summed E-state index contributed by atoms with van der Waals surface area (Å²) in [6.45, 7) is 7.42. The molecule has 5 heteroatoms. The molecule has 2 unspecified atom stereocenters. The van der Waals surface area contributed by atoms with E-state index in [1.807, 2.05) is 31.7 Å². The number of para-hydroxylation sites is 1. The van der Waals surface area contributed by atoms with E-state index in [4.69, 9.17) is 4.74 Å². The van der Waals surface area contributed by atoms with E-state index in [2.05, 4.69) is 34.7 Å². The number of aromatic nitrogens is 1. The van der Waals surface area contributed by atoms with E-state index in [0.29, 0.717) is 12.0 Å². The van der Waals surface area contributed by atoms with Crippen molar-refractivity contribution in [2.24, 2.45) is 0 Å². The van der Waals surface area contributed by atoms with Crippen molar-refractivity contribution in [2.75, 3.05) is 13.1 Å². The Hall–Kier alpha value is -2.01. The Balaban J connectivity index is 1.64. The van der Waals surface area contributed by atoms with Crippen LogP contribution < -0.4 is 5.32 Å². The molecule has 3 heterocycles. The molecule has 2 saturated heterocycles. The Morgan fingerprint density at radius 2 is 2.08 bits per heavy atom. The van der Waals surface area contributed by atoms with Gasteiger partial charge < -0.3 is 19.9 Å². The fraction of sp³-hybridized carbons (Fsp3) is 0.526. The van der Waals surface area contributed by atoms with Gasteiger partial charge in [-0.3, -0.25) is 0 Å². The molecule has 1 amide bonds. The van der Waals surface area contributed by atoms with Gasteiger partial charge in [0.15, 0.2) is 0 Å². The Kier molecular flexibility index (Phi) is 3.57. The average molecular weight is 327 g/mol. The maximum absolute atomic E-state index is 12.7. The summed E-state index contributed by atoms with van der Waals surface area (Å²) < 4.78 is 5.63. The fourth-order valence-electron chi connectivity index (χ4n) is 4.16. The third kappa shape index (κ3) is 2.57. The summed E-state index contributed by atoms with van der Waals surface area (Å²) in [5.74, 6) is 0.293. The molecular formula is C19H25N3O2. The van der Waals surface area contributed by atoms with E-state index in [0.717, 1.165) is 25.0 Å². The molecule has 2 fully saturated rings. The lowest BCUT2D eigenvalue weighted by atomic mass is 9.91. The summed E-state index contributed by atoms with van der Waals surface area (Å²) in [6.07, 6.45) is 2.90. The molecule has 5 nitrogen and oxygen atoms in total. The van der Waals surface area contributed by atoms with Gasteiger partial charge in [0.2, 0.25) is 0 Å². The molecule has 0 bridgehead atoms. The van der Waals surface area contributed by atoms with Crippen molar-refractivity contribution in [3.63, 3.8) is 0 Å². The van der Waals surface area contributed by atoms with Gasteiger partial charge in [-0.25, -0.2) is 4.79 Å². The number of hydrogen-bond donors (Lipinski definition) is 2. The molecule has 2 aromatic rings. The monoisotopic (exact) mass is 327 g/mol. The quantitative estimate of drug-likeness (QED) is 0.845. The zero-order valence-corrected chi connectivity index (χ0v) is 14.5. The van der Waals surface area contributed by atoms with E-state index in [1.54, 1.807) is 0 Å². The summed E-state index contributed by atoms with van der Waals surface area (Å²) in [5.41, 5.74) is 1.98. The highest BCUT2D eigenvalue weighted by Crippen LogP contribution is 2.39. The van der Waals surface area contributed by atoms with Crippen molar-refractivity contribution in [1.82, 2.24) is 15.2 Å². The summed E-state index contributed by atoms with van der Waals surface area (Å²) in [6, 6.07) is 8.89. The summed E-state index contributed by atoms with van der Waals surface area (Å²) in [4.78, 5) is 17.9. The topological polar surface area (TPSA) is 57.4 Å². The molecule has 0 radical (unpaired) electrons. The molecule has 0 saturated carbocycles. The molecule has 0 spiro atoms. The molecule has 1 aromatic heterocycles. The van der Waals surface area contributed by atoms with Crippen molar-refractivity contribution in [2.45, 2.75) is 50.8 Å². The maximum Gasteiger partial charge on any atom is 0.410 e. The number of H-pyrrole nitrogens is 1. The van der Waals surface area contributed by atoms with Gasteiger partial charge >= 0.3 is 6.09 Å². The minimum Gasteiger partial charge on any atom is -0.444 e. The summed E-state index contributed by atoms with van der Waals surface area (Å²) in [5, 5.41) is 4.86. The van der Waals surface area contributed by atoms with Gasteiger partial charge in [-0.1, -0.05) is 18.2 Å². The maximum atomic E-state index is 12.7. The summed E-state index contributed by atoms with van der Waals surface area (Å²) in [7, 11) is 0. The lowest BCUT2D eigenvalue weighted by molar-refractivity contribution is 0.0215. The number of rotatable bonds is 1. The molecule has 2 aliphatic rings. The largest absolute Gasteiger partial charge is 0.444 e. The SMILES string of the molecule is CC(C)(C)OC(=O)N1CCC2NC[C@H](c3c[nH]c4ccccc34)C21. The number of aromatic amines is 1. The first-order valence-electron chi connectivity index (χ1n) is 8.73. The number of carbonyl (C=O) groups excluding carboxylic acids is 1. The van der Waals surface area contributed by atoms with Crippen molar-refractivity contribution < 1.29 is 9.53 Å². The number of carbonyl (C=O) groups is 1. The second-order valence-corrected chi connectivity index (χ2v) is 7.86. The fourth-order valence-corrected chi connectivity index (χ4v) is 4.16. The predicted molar refractivity (Wildman–Crippen MR) is 94.2 cm³/mol. The molecule has 3 atom stereocenters. The van der Waals surface area contributed by atoms with Gasteiger partial charge in [0.25, 0.3) is 0 Å². The van der Waals surface area contributed by atoms with Crippen LogP contribution in [0.15, 0.2) is 30.5 Å². The average Bonchev–Trinajstić information content (AvgIpc) is 3.18. The number of fused-ring (bicyclic) bond motifs is 2. The first-order chi connectivity index (χ1) is 11.4. The molecular weight excluding hydrogens is 302 g/mol. The minimum absolute atomic E-state index is 0.166. The zero-order chi connectivity index (χ0) is 16.9. The van der Waals surface area contributed by atoms with Crippen LogP contribution in [0.5, 0.6) is 0 Å². The Morgan fingerprint density at radius 3 is 2.88 bits per heavy atom. The van der Waals surface area contributed by atoms with Crippen molar-refractivity contribution in [3.05, 3.63) is 36.0 Å². The van der Waals surface area contributed by atoms with Gasteiger partial charge in [-0.15, -0.1) is 0 Å². The lowest BCUT2D eigenvalue weighted by Crippen LogP contribution is -2.44. The van der Waals surface area contributed by atoms with E-state index >= 15 is 0 Å². The van der Waals surface area contributed by atoms with Gasteiger partial charge in [0.1, 0.15) is 5.60 Å². The van der Waals surface area contributed by atoms with Crippen LogP contribution in [0.25, 0.3) is 10.9 Å². The molecule has 2 aliphatic heterocycles. The van der Waals surface area contributed by atoms with Gasteiger partial charge in [0, 0.05) is 42.1 Å². The highest BCUT2D eigenvalue weighted by Gasteiger charge is 2.48. The number of benzene rings is 1. The van der Waals surface area contributed by atoms with Gasteiger partial charge in [0.05, 0.1) is 6.04 Å². The van der Waals surface area contributed by atoms with Gasteiger partial charge in [-0.2, -0.15) is 0 Å². The van der Waals surface area contributed by atoms with Crippen molar-refractivity contribution in [3.8, 4) is 0 Å². The number of ether oxygens (including phenoxy) is 1. The minimum atomic E-state index is -0.461. The van der Waals surface area contributed by atoms with Crippen LogP contribution in [-0.2, 0) is 4.74 Å². The van der Waals surface area contributed by atoms with Gasteiger partial charge in [-0.05, 0) is 38.8 Å². The third-order valence-electron chi connectivity index (χ3n) is 5.11. The van der Waals surface area contributed by atoms with E-state index in [9.17, 15) is 4.79 Å². The first kappa shape index (κ1) is 15.5. The normalized spacial score (nSPS) is 26.8. The molecule has 4 rings (SSSR count). The Labute approximate surface area is 142 Å². The molecule has 2 N–H and O–H groups in total. The lowest BCUT2D eigenvalue weighted by Gasteiger charge is -2.31. The number of hydrogen-bond acceptors (Lipinski definition) is 3. The van der Waals surface area contributed by atoms with E-state index in [-0.39, 0.29) is 12.1 Å². The van der Waals surface area contributed by atoms with Crippen molar-refractivity contribution >= 4 is 17.0 Å².